The largest absolute Gasteiger partial charge is 0.495 e. The van der Waals surface area contributed by atoms with Crippen LogP contribution in [0.5, 0.6) is 11.5 Å². The maximum absolute atomic E-state index is 12.5. The Hall–Kier alpha value is -2.09. The van der Waals surface area contributed by atoms with Crippen molar-refractivity contribution >= 4 is 21.8 Å². The number of nitrogens with one attached hydrogen (secondary N) is 1. The predicted octanol–water partition coefficient (Wildman–Crippen LogP) is 1.86. The molecule has 1 aromatic carbocycles. The van der Waals surface area contributed by atoms with E-state index >= 15 is 0 Å². The van der Waals surface area contributed by atoms with Crippen LogP contribution in [0.3, 0.4) is 0 Å². The molecule has 8 heteroatoms. The SMILES string of the molecule is COc1cc(C(=O)N(C)Cc2ncn[nH]2)cc(OC)c1Br. The predicted molar refractivity (Wildman–Crippen MR) is 79.4 cm³/mol. The number of hydrogen-bond acceptors (Lipinski definition) is 5. The molecule has 1 N–H and O–H groups in total. The van der Waals surface area contributed by atoms with Crippen LogP contribution in [0.15, 0.2) is 22.9 Å². The first-order valence-corrected chi connectivity index (χ1v) is 6.87. The Morgan fingerprint density at radius 3 is 2.43 bits per heavy atom. The molecule has 0 saturated carbocycles. The number of carbonyl (C=O) groups excluding carboxylic acids is 1. The standard InChI is InChI=1S/C13H15BrN4O3/c1-18(6-11-15-7-16-17-11)13(19)8-4-9(20-2)12(14)10(5-8)21-3/h4-5,7H,6H2,1-3H3,(H,15,16,17). The molecule has 0 fully saturated rings. The first-order chi connectivity index (χ1) is 10.1. The first-order valence-electron chi connectivity index (χ1n) is 6.08. The van der Waals surface area contributed by atoms with Gasteiger partial charge in [0, 0.05) is 12.6 Å². The number of aromatic nitrogens is 3. The second kappa shape index (κ2) is 6.57. The summed E-state index contributed by atoms with van der Waals surface area (Å²) in [6, 6.07) is 3.32. The molecular formula is C13H15BrN4O3. The van der Waals surface area contributed by atoms with Gasteiger partial charge in [-0.05, 0) is 28.1 Å². The van der Waals surface area contributed by atoms with Crippen molar-refractivity contribution in [2.75, 3.05) is 21.3 Å². The number of benzene rings is 1. The van der Waals surface area contributed by atoms with Crippen molar-refractivity contribution in [3.63, 3.8) is 0 Å². The van der Waals surface area contributed by atoms with Gasteiger partial charge in [0.2, 0.25) is 0 Å². The van der Waals surface area contributed by atoms with Gasteiger partial charge in [-0.2, -0.15) is 5.10 Å². The molecule has 0 saturated heterocycles. The third-order valence-corrected chi connectivity index (χ3v) is 3.67. The molecule has 2 aromatic rings. The summed E-state index contributed by atoms with van der Waals surface area (Å²) < 4.78 is 11.1. The van der Waals surface area contributed by atoms with Gasteiger partial charge in [-0.25, -0.2) is 4.98 Å². The fraction of sp³-hybridized carbons (Fsp3) is 0.308. The third kappa shape index (κ3) is 3.33. The molecule has 0 aliphatic carbocycles. The van der Waals surface area contributed by atoms with Crippen LogP contribution in [0.1, 0.15) is 16.2 Å². The maximum atomic E-state index is 12.5. The lowest BCUT2D eigenvalue weighted by atomic mass is 10.1. The molecule has 2 rings (SSSR count). The molecule has 7 nitrogen and oxygen atoms in total. The summed E-state index contributed by atoms with van der Waals surface area (Å²) in [6.45, 7) is 0.333. The third-order valence-electron chi connectivity index (χ3n) is 2.89. The Morgan fingerprint density at radius 1 is 1.33 bits per heavy atom. The van der Waals surface area contributed by atoms with Gasteiger partial charge in [-0.3, -0.25) is 9.89 Å². The van der Waals surface area contributed by atoms with Crippen LogP contribution in [0, 0.1) is 0 Å². The van der Waals surface area contributed by atoms with Crippen LogP contribution in [-0.2, 0) is 6.54 Å². The fourth-order valence-corrected chi connectivity index (χ4v) is 2.37. The zero-order valence-corrected chi connectivity index (χ0v) is 13.5. The average Bonchev–Trinajstić information content (AvgIpc) is 2.99. The van der Waals surface area contributed by atoms with Crippen molar-refractivity contribution in [1.29, 1.82) is 0 Å². The Labute approximate surface area is 130 Å². The summed E-state index contributed by atoms with van der Waals surface area (Å²) in [7, 11) is 4.75. The number of carbonyl (C=O) groups is 1. The highest BCUT2D eigenvalue weighted by atomic mass is 79.9. The van der Waals surface area contributed by atoms with Gasteiger partial charge in [0.1, 0.15) is 28.1 Å². The Morgan fingerprint density at radius 2 is 1.95 bits per heavy atom. The van der Waals surface area contributed by atoms with E-state index in [0.717, 1.165) is 0 Å². The summed E-state index contributed by atoms with van der Waals surface area (Å²) >= 11 is 3.37. The number of nitrogens with zero attached hydrogens (tertiary/aromatic N) is 3. The maximum Gasteiger partial charge on any atom is 0.254 e. The van der Waals surface area contributed by atoms with E-state index in [9.17, 15) is 4.79 Å². The number of ether oxygens (including phenoxy) is 2. The lowest BCUT2D eigenvalue weighted by Gasteiger charge is -2.17. The summed E-state index contributed by atoms with van der Waals surface area (Å²) in [5.74, 6) is 1.51. The molecule has 0 aliphatic heterocycles. The van der Waals surface area contributed by atoms with Crippen molar-refractivity contribution < 1.29 is 14.3 Å². The van der Waals surface area contributed by atoms with E-state index < -0.39 is 0 Å². The van der Waals surface area contributed by atoms with Crippen LogP contribution >= 0.6 is 15.9 Å². The zero-order valence-electron chi connectivity index (χ0n) is 11.9. The second-order valence-corrected chi connectivity index (χ2v) is 5.08. The molecule has 1 aromatic heterocycles. The van der Waals surface area contributed by atoms with Gasteiger partial charge in [-0.15, -0.1) is 0 Å². The molecule has 0 radical (unpaired) electrons. The molecule has 0 bridgehead atoms. The minimum absolute atomic E-state index is 0.171. The van der Waals surface area contributed by atoms with Gasteiger partial charge in [0.15, 0.2) is 0 Å². The molecule has 1 heterocycles. The Balaban J connectivity index is 2.26. The van der Waals surface area contributed by atoms with E-state index in [-0.39, 0.29) is 5.91 Å². The van der Waals surface area contributed by atoms with E-state index in [1.165, 1.54) is 25.4 Å². The van der Waals surface area contributed by atoms with Crippen molar-refractivity contribution in [2.24, 2.45) is 0 Å². The van der Waals surface area contributed by atoms with Crippen LogP contribution < -0.4 is 9.47 Å². The number of hydrogen-bond donors (Lipinski definition) is 1. The molecule has 0 aliphatic rings. The molecule has 112 valence electrons. The fourth-order valence-electron chi connectivity index (χ4n) is 1.82. The second-order valence-electron chi connectivity index (χ2n) is 4.29. The highest BCUT2D eigenvalue weighted by molar-refractivity contribution is 9.10. The number of halogens is 1. The molecule has 0 atom stereocenters. The summed E-state index contributed by atoms with van der Waals surface area (Å²) in [5, 5.41) is 6.47. The lowest BCUT2D eigenvalue weighted by molar-refractivity contribution is 0.0781. The van der Waals surface area contributed by atoms with Crippen molar-refractivity contribution in [1.82, 2.24) is 20.1 Å². The normalized spacial score (nSPS) is 10.3. The lowest BCUT2D eigenvalue weighted by Crippen LogP contribution is -2.26. The van der Waals surface area contributed by atoms with E-state index in [0.29, 0.717) is 33.9 Å². The molecule has 0 spiro atoms. The highest BCUT2D eigenvalue weighted by Crippen LogP contribution is 2.35. The number of H-pyrrole nitrogens is 1. The minimum atomic E-state index is -0.171. The van der Waals surface area contributed by atoms with E-state index in [4.69, 9.17) is 9.47 Å². The van der Waals surface area contributed by atoms with Crippen LogP contribution in [0.2, 0.25) is 0 Å². The number of rotatable bonds is 5. The van der Waals surface area contributed by atoms with Gasteiger partial charge in [0.05, 0.1) is 20.8 Å². The Bertz CT molecular complexity index is 605. The number of amides is 1. The van der Waals surface area contributed by atoms with Crippen LogP contribution in [-0.4, -0.2) is 47.3 Å². The van der Waals surface area contributed by atoms with Crippen LogP contribution in [0.25, 0.3) is 0 Å². The smallest absolute Gasteiger partial charge is 0.254 e. The van der Waals surface area contributed by atoms with E-state index in [1.807, 2.05) is 0 Å². The van der Waals surface area contributed by atoms with Gasteiger partial charge < -0.3 is 14.4 Å². The highest BCUT2D eigenvalue weighted by Gasteiger charge is 2.18. The van der Waals surface area contributed by atoms with Gasteiger partial charge in [0.25, 0.3) is 5.91 Å². The van der Waals surface area contributed by atoms with Crippen molar-refractivity contribution in [3.8, 4) is 11.5 Å². The molecule has 0 unspecified atom stereocenters. The first kappa shape index (κ1) is 15.3. The zero-order chi connectivity index (χ0) is 15.4. The van der Waals surface area contributed by atoms with Gasteiger partial charge >= 0.3 is 0 Å². The van der Waals surface area contributed by atoms with E-state index in [1.54, 1.807) is 19.2 Å². The molecule has 21 heavy (non-hydrogen) atoms. The van der Waals surface area contributed by atoms with Gasteiger partial charge in [-0.1, -0.05) is 0 Å². The summed E-state index contributed by atoms with van der Waals surface area (Å²) in [5.41, 5.74) is 0.467. The number of aromatic amines is 1. The quantitative estimate of drug-likeness (QED) is 0.886. The molecular weight excluding hydrogens is 340 g/mol. The van der Waals surface area contributed by atoms with Crippen molar-refractivity contribution in [2.45, 2.75) is 6.54 Å². The molecule has 1 amide bonds. The summed E-state index contributed by atoms with van der Waals surface area (Å²) in [4.78, 5) is 18.0. The Kier molecular flexibility index (Phi) is 4.79. The monoisotopic (exact) mass is 354 g/mol. The topological polar surface area (TPSA) is 80.3 Å². The number of methoxy groups -OCH3 is 2. The van der Waals surface area contributed by atoms with Crippen LogP contribution in [0.4, 0.5) is 0 Å². The van der Waals surface area contributed by atoms with E-state index in [2.05, 4.69) is 31.1 Å². The average molecular weight is 355 g/mol. The summed E-state index contributed by atoms with van der Waals surface area (Å²) in [6.07, 6.45) is 1.40. The van der Waals surface area contributed by atoms with Crippen molar-refractivity contribution in [3.05, 3.63) is 34.3 Å². The minimum Gasteiger partial charge on any atom is -0.495 e.